The number of halogens is 2. The van der Waals surface area contributed by atoms with Gasteiger partial charge in [-0.3, -0.25) is 0 Å². The van der Waals surface area contributed by atoms with Crippen LogP contribution in [0, 0.1) is 11.8 Å². The molecule has 2 aromatic rings. The molecular formula is C16H10F2. The van der Waals surface area contributed by atoms with Crippen LogP contribution in [0.4, 0.5) is 8.78 Å². The molecule has 2 rings (SSSR count). The topological polar surface area (TPSA) is 0 Å². The van der Waals surface area contributed by atoms with E-state index in [1.165, 1.54) is 12.1 Å². The minimum absolute atomic E-state index is 0.192. The zero-order valence-electron chi connectivity index (χ0n) is 9.53. The van der Waals surface area contributed by atoms with Crippen molar-refractivity contribution in [2.45, 2.75) is 0 Å². The summed E-state index contributed by atoms with van der Waals surface area (Å²) >= 11 is 0. The van der Waals surface area contributed by atoms with Crippen LogP contribution < -0.4 is 0 Å². The average molecular weight is 240 g/mol. The molecular weight excluding hydrogens is 230 g/mol. The second kappa shape index (κ2) is 5.79. The van der Waals surface area contributed by atoms with Gasteiger partial charge < -0.3 is 0 Å². The Kier molecular flexibility index (Phi) is 3.88. The zero-order valence-corrected chi connectivity index (χ0v) is 9.53. The Bertz CT molecular complexity index is 602. The van der Waals surface area contributed by atoms with Crippen molar-refractivity contribution in [3.8, 4) is 11.8 Å². The van der Waals surface area contributed by atoms with E-state index in [0.717, 1.165) is 0 Å². The Morgan fingerprint density at radius 3 is 1.94 bits per heavy atom. The van der Waals surface area contributed by atoms with Crippen LogP contribution in [0.5, 0.6) is 0 Å². The molecule has 88 valence electrons. The van der Waals surface area contributed by atoms with E-state index in [1.54, 1.807) is 42.5 Å². The molecule has 0 saturated heterocycles. The van der Waals surface area contributed by atoms with Crippen LogP contribution in [0.3, 0.4) is 0 Å². The van der Waals surface area contributed by atoms with Gasteiger partial charge in [-0.1, -0.05) is 54.5 Å². The third-order valence-corrected chi connectivity index (χ3v) is 2.31. The minimum Gasteiger partial charge on any atom is -0.202 e. The van der Waals surface area contributed by atoms with Crippen LogP contribution >= 0.6 is 0 Å². The molecule has 2 heteroatoms. The summed E-state index contributed by atoms with van der Waals surface area (Å²) in [5, 5.41) is 0. The monoisotopic (exact) mass is 240 g/mol. The Hall–Kier alpha value is -2.40. The van der Waals surface area contributed by atoms with Gasteiger partial charge in [-0.25, -0.2) is 4.39 Å². The molecule has 18 heavy (non-hydrogen) atoms. The molecule has 0 aliphatic rings. The summed E-state index contributed by atoms with van der Waals surface area (Å²) in [5.41, 5.74) is 0.839. The van der Waals surface area contributed by atoms with Crippen molar-refractivity contribution in [3.63, 3.8) is 0 Å². The van der Waals surface area contributed by atoms with Crippen molar-refractivity contribution in [3.05, 3.63) is 77.6 Å². The third-order valence-electron chi connectivity index (χ3n) is 2.31. The Labute approximate surface area is 105 Å². The van der Waals surface area contributed by atoms with Crippen LogP contribution in [0.25, 0.3) is 5.83 Å². The van der Waals surface area contributed by atoms with Crippen LogP contribution in [-0.2, 0) is 0 Å². The van der Waals surface area contributed by atoms with Crippen molar-refractivity contribution in [2.75, 3.05) is 0 Å². The quantitative estimate of drug-likeness (QED) is 0.650. The summed E-state index contributed by atoms with van der Waals surface area (Å²) in [6.07, 6.45) is 0. The molecule has 0 N–H and O–H groups in total. The van der Waals surface area contributed by atoms with E-state index in [4.69, 9.17) is 0 Å². The van der Waals surface area contributed by atoms with Crippen LogP contribution in [0.1, 0.15) is 11.1 Å². The van der Waals surface area contributed by atoms with E-state index in [0.29, 0.717) is 5.56 Å². The Morgan fingerprint density at radius 1 is 0.778 bits per heavy atom. The van der Waals surface area contributed by atoms with Gasteiger partial charge in [0.15, 0.2) is 5.83 Å². The first kappa shape index (κ1) is 12.1. The molecule has 0 unspecified atom stereocenters. The molecule has 0 nitrogen and oxygen atoms in total. The van der Waals surface area contributed by atoms with Gasteiger partial charge in [-0.05, 0) is 18.1 Å². The molecule has 0 radical (unpaired) electrons. The lowest BCUT2D eigenvalue weighted by atomic mass is 10.2. The molecule has 0 bridgehead atoms. The van der Waals surface area contributed by atoms with Crippen LogP contribution in [0.15, 0.2) is 66.5 Å². The largest absolute Gasteiger partial charge is 0.209 e. The van der Waals surface area contributed by atoms with Gasteiger partial charge in [0.05, 0.1) is 0 Å². The van der Waals surface area contributed by atoms with Crippen LogP contribution in [0.2, 0.25) is 0 Å². The van der Waals surface area contributed by atoms with Crippen molar-refractivity contribution in [1.29, 1.82) is 0 Å². The maximum absolute atomic E-state index is 13.6. The van der Waals surface area contributed by atoms with E-state index >= 15 is 0 Å². The molecule has 0 amide bonds. The first-order valence-electron chi connectivity index (χ1n) is 5.45. The summed E-state index contributed by atoms with van der Waals surface area (Å²) in [5.74, 6) is 2.77. The lowest BCUT2D eigenvalue weighted by Gasteiger charge is -1.95. The highest BCUT2D eigenvalue weighted by atomic mass is 19.2. The zero-order chi connectivity index (χ0) is 12.8. The predicted molar refractivity (Wildman–Crippen MR) is 68.9 cm³/mol. The van der Waals surface area contributed by atoms with Gasteiger partial charge >= 0.3 is 0 Å². The van der Waals surface area contributed by atoms with Crippen molar-refractivity contribution in [2.24, 2.45) is 0 Å². The number of hydrogen-bond acceptors (Lipinski definition) is 0. The van der Waals surface area contributed by atoms with Gasteiger partial charge in [0.25, 0.3) is 0 Å². The lowest BCUT2D eigenvalue weighted by molar-refractivity contribution is 0.635. The first-order chi connectivity index (χ1) is 8.77. The number of rotatable bonds is 1. The fourth-order valence-corrected chi connectivity index (χ4v) is 1.41. The first-order valence-corrected chi connectivity index (χ1v) is 5.45. The minimum atomic E-state index is -1.05. The molecule has 0 fully saturated rings. The van der Waals surface area contributed by atoms with E-state index in [9.17, 15) is 8.78 Å². The van der Waals surface area contributed by atoms with E-state index in [-0.39, 0.29) is 5.56 Å². The lowest BCUT2D eigenvalue weighted by Crippen LogP contribution is -1.80. The van der Waals surface area contributed by atoms with Crippen molar-refractivity contribution < 1.29 is 8.78 Å². The fourth-order valence-electron chi connectivity index (χ4n) is 1.41. The smallest absolute Gasteiger partial charge is 0.202 e. The SMILES string of the molecule is F/C(C#Cc1ccccc1)=C(/F)c1ccccc1. The highest BCUT2D eigenvalue weighted by molar-refractivity contribution is 5.65. The molecule has 0 saturated carbocycles. The van der Waals surface area contributed by atoms with Gasteiger partial charge in [0, 0.05) is 11.1 Å². The molecule has 0 aliphatic heterocycles. The summed E-state index contributed by atoms with van der Waals surface area (Å²) in [7, 11) is 0. The summed E-state index contributed by atoms with van der Waals surface area (Å²) in [6.45, 7) is 0. The van der Waals surface area contributed by atoms with Crippen molar-refractivity contribution >= 4 is 5.83 Å². The van der Waals surface area contributed by atoms with Crippen molar-refractivity contribution in [1.82, 2.24) is 0 Å². The summed E-state index contributed by atoms with van der Waals surface area (Å²) in [4.78, 5) is 0. The summed E-state index contributed by atoms with van der Waals surface area (Å²) in [6, 6.07) is 16.9. The third kappa shape index (κ3) is 3.05. The predicted octanol–water partition coefficient (Wildman–Crippen LogP) is 4.35. The molecule has 0 atom stereocenters. The molecule has 2 aromatic carbocycles. The molecule has 0 heterocycles. The van der Waals surface area contributed by atoms with E-state index in [2.05, 4.69) is 11.8 Å². The van der Waals surface area contributed by atoms with Gasteiger partial charge in [-0.15, -0.1) is 0 Å². The van der Waals surface area contributed by atoms with Gasteiger partial charge in [0.1, 0.15) is 0 Å². The normalized spacial score (nSPS) is 11.2. The second-order valence-corrected chi connectivity index (χ2v) is 3.61. The second-order valence-electron chi connectivity index (χ2n) is 3.61. The molecule has 0 spiro atoms. The van der Waals surface area contributed by atoms with E-state index in [1.807, 2.05) is 6.07 Å². The van der Waals surface area contributed by atoms with Gasteiger partial charge in [0.2, 0.25) is 5.83 Å². The summed E-state index contributed by atoms with van der Waals surface area (Å²) < 4.78 is 27.1. The maximum Gasteiger partial charge on any atom is 0.209 e. The molecule has 0 aliphatic carbocycles. The average Bonchev–Trinajstić information content (AvgIpc) is 2.46. The highest BCUT2D eigenvalue weighted by Gasteiger charge is 2.05. The number of allylic oxidation sites excluding steroid dienone is 1. The number of benzene rings is 2. The number of hydrogen-bond donors (Lipinski definition) is 0. The van der Waals surface area contributed by atoms with E-state index < -0.39 is 11.7 Å². The molecule has 0 aromatic heterocycles. The standard InChI is InChI=1S/C16H10F2/c17-15(12-11-13-7-3-1-4-8-13)16(18)14-9-5-2-6-10-14/h1-10H/b16-15+. The van der Waals surface area contributed by atoms with Gasteiger partial charge in [-0.2, -0.15) is 4.39 Å². The fraction of sp³-hybridized carbons (Fsp3) is 0. The Morgan fingerprint density at radius 2 is 1.33 bits per heavy atom. The highest BCUT2D eigenvalue weighted by Crippen LogP contribution is 2.20. The maximum atomic E-state index is 13.6. The van der Waals surface area contributed by atoms with Crippen LogP contribution in [-0.4, -0.2) is 0 Å². The Balaban J connectivity index is 2.27.